The minimum absolute atomic E-state index is 0. The SMILES string of the molecule is CCCCCCCCCCC/C=C/CCCc1ccccc1N=C(CCCC)C(CCCCC)=Nc1ccccc1CCC/C=C/CCCCCCCCCCC.[Ni]. The van der Waals surface area contributed by atoms with Crippen molar-refractivity contribution >= 4 is 22.8 Å². The molecule has 0 aliphatic heterocycles. The maximum absolute atomic E-state index is 5.49. The zero-order valence-electron chi connectivity index (χ0n) is 38.5. The molecule has 0 bridgehead atoms. The van der Waals surface area contributed by atoms with E-state index in [0.29, 0.717) is 0 Å². The van der Waals surface area contributed by atoms with Crippen LogP contribution in [0.1, 0.15) is 238 Å². The third-order valence-corrected chi connectivity index (χ3v) is 11.5. The summed E-state index contributed by atoms with van der Waals surface area (Å²) in [6.45, 7) is 9.19. The molecule has 0 saturated heterocycles. The molecule has 0 unspecified atom stereocenters. The molecule has 0 fully saturated rings. The van der Waals surface area contributed by atoms with Gasteiger partial charge in [0.1, 0.15) is 0 Å². The van der Waals surface area contributed by atoms with Gasteiger partial charge in [0.2, 0.25) is 0 Å². The molecule has 2 aromatic rings. The van der Waals surface area contributed by atoms with Crippen LogP contribution in [0.15, 0.2) is 82.8 Å². The summed E-state index contributed by atoms with van der Waals surface area (Å²) in [6.07, 6.45) is 52.1. The molecular weight excluding hydrogens is 747 g/mol. The first-order chi connectivity index (χ1) is 28.2. The van der Waals surface area contributed by atoms with E-state index in [2.05, 4.69) is 101 Å². The van der Waals surface area contributed by atoms with Gasteiger partial charge in [-0.05, 0) is 113 Å². The molecule has 0 amide bonds. The molecule has 58 heavy (non-hydrogen) atoms. The summed E-state index contributed by atoms with van der Waals surface area (Å²) in [5, 5.41) is 0. The van der Waals surface area contributed by atoms with Crippen molar-refractivity contribution in [1.29, 1.82) is 0 Å². The zero-order valence-corrected chi connectivity index (χ0v) is 39.5. The van der Waals surface area contributed by atoms with Gasteiger partial charge in [-0.15, -0.1) is 0 Å². The van der Waals surface area contributed by atoms with E-state index in [1.165, 1.54) is 183 Å². The van der Waals surface area contributed by atoms with E-state index in [1.54, 1.807) is 0 Å². The van der Waals surface area contributed by atoms with Crippen molar-refractivity contribution in [3.05, 3.63) is 84.0 Å². The van der Waals surface area contributed by atoms with Crippen molar-refractivity contribution in [3.63, 3.8) is 0 Å². The van der Waals surface area contributed by atoms with Gasteiger partial charge in [-0.1, -0.05) is 210 Å². The van der Waals surface area contributed by atoms with Gasteiger partial charge in [0.05, 0.1) is 22.8 Å². The van der Waals surface area contributed by atoms with Gasteiger partial charge >= 0.3 is 0 Å². The van der Waals surface area contributed by atoms with Crippen LogP contribution >= 0.6 is 0 Å². The van der Waals surface area contributed by atoms with Crippen molar-refractivity contribution in [2.24, 2.45) is 9.98 Å². The second-order valence-corrected chi connectivity index (χ2v) is 16.9. The Morgan fingerprint density at radius 3 is 1.07 bits per heavy atom. The Hall–Kier alpha value is -2.25. The summed E-state index contributed by atoms with van der Waals surface area (Å²) in [5.74, 6) is 0. The Morgan fingerprint density at radius 1 is 0.362 bits per heavy atom. The fourth-order valence-corrected chi connectivity index (χ4v) is 7.81. The van der Waals surface area contributed by atoms with E-state index in [0.717, 1.165) is 62.7 Å². The Labute approximate surface area is 371 Å². The van der Waals surface area contributed by atoms with Crippen molar-refractivity contribution in [3.8, 4) is 0 Å². The number of rotatable bonds is 38. The molecular formula is C55H90N2Ni. The predicted molar refractivity (Wildman–Crippen MR) is 259 cm³/mol. The smallest absolute Gasteiger partial charge is 0.0665 e. The maximum atomic E-state index is 5.49. The van der Waals surface area contributed by atoms with Crippen LogP contribution in [-0.4, -0.2) is 11.4 Å². The summed E-state index contributed by atoms with van der Waals surface area (Å²) in [6, 6.07) is 17.8. The van der Waals surface area contributed by atoms with Gasteiger partial charge < -0.3 is 0 Å². The quantitative estimate of drug-likeness (QED) is 0.0279. The maximum Gasteiger partial charge on any atom is 0.0665 e. The molecule has 0 saturated carbocycles. The third kappa shape index (κ3) is 28.3. The molecule has 330 valence electrons. The van der Waals surface area contributed by atoms with Crippen LogP contribution in [-0.2, 0) is 29.3 Å². The molecule has 0 radical (unpaired) electrons. The molecule has 2 aromatic carbocycles. The summed E-state index contributed by atoms with van der Waals surface area (Å²) in [7, 11) is 0. The Kier molecular flexibility index (Phi) is 37.2. The van der Waals surface area contributed by atoms with Crippen molar-refractivity contribution in [1.82, 2.24) is 0 Å². The molecule has 0 spiro atoms. The van der Waals surface area contributed by atoms with E-state index in [4.69, 9.17) is 9.98 Å². The molecule has 0 aromatic heterocycles. The minimum atomic E-state index is 0. The number of allylic oxidation sites excluding steroid dienone is 4. The first-order valence-electron chi connectivity index (χ1n) is 24.8. The van der Waals surface area contributed by atoms with Crippen LogP contribution in [0.5, 0.6) is 0 Å². The number of para-hydroxylation sites is 2. The zero-order chi connectivity index (χ0) is 40.7. The van der Waals surface area contributed by atoms with Crippen LogP contribution in [0.25, 0.3) is 0 Å². The Bertz CT molecular complexity index is 1340. The van der Waals surface area contributed by atoms with Crippen LogP contribution < -0.4 is 0 Å². The number of aryl methyl sites for hydroxylation is 2. The van der Waals surface area contributed by atoms with Crippen LogP contribution in [0.2, 0.25) is 0 Å². The third-order valence-electron chi connectivity index (χ3n) is 11.5. The second kappa shape index (κ2) is 40.2. The fraction of sp³-hybridized carbons (Fsp3) is 0.673. The monoisotopic (exact) mass is 837 g/mol. The van der Waals surface area contributed by atoms with Crippen LogP contribution in [0.3, 0.4) is 0 Å². The first kappa shape index (κ1) is 53.8. The molecule has 0 heterocycles. The molecule has 0 aliphatic carbocycles. The summed E-state index contributed by atoms with van der Waals surface area (Å²) in [4.78, 5) is 11.0. The fourth-order valence-electron chi connectivity index (χ4n) is 7.81. The van der Waals surface area contributed by atoms with Crippen molar-refractivity contribution in [2.75, 3.05) is 0 Å². The topological polar surface area (TPSA) is 24.7 Å². The number of nitrogens with zero attached hydrogens (tertiary/aromatic N) is 2. The average Bonchev–Trinajstić information content (AvgIpc) is 3.23. The molecule has 0 aliphatic rings. The predicted octanol–water partition coefficient (Wildman–Crippen LogP) is 18.9. The van der Waals surface area contributed by atoms with Crippen LogP contribution in [0, 0.1) is 0 Å². The van der Waals surface area contributed by atoms with Crippen molar-refractivity contribution < 1.29 is 16.5 Å². The molecule has 2 nitrogen and oxygen atoms in total. The van der Waals surface area contributed by atoms with Crippen LogP contribution in [0.4, 0.5) is 11.4 Å². The first-order valence-corrected chi connectivity index (χ1v) is 24.8. The average molecular weight is 838 g/mol. The van der Waals surface area contributed by atoms with Gasteiger partial charge in [-0.25, -0.2) is 0 Å². The van der Waals surface area contributed by atoms with E-state index >= 15 is 0 Å². The summed E-state index contributed by atoms with van der Waals surface area (Å²) < 4.78 is 0. The largest absolute Gasteiger partial charge is 0.251 e. The number of hydrogen-bond acceptors (Lipinski definition) is 2. The van der Waals surface area contributed by atoms with Crippen molar-refractivity contribution in [2.45, 2.75) is 240 Å². The normalized spacial score (nSPS) is 12.3. The molecule has 0 N–H and O–H groups in total. The minimum Gasteiger partial charge on any atom is -0.251 e. The van der Waals surface area contributed by atoms with E-state index in [-0.39, 0.29) is 16.5 Å². The molecule has 3 heteroatoms. The standard InChI is InChI=1S/C55H90N2.Ni/c1-5-9-13-15-17-19-21-23-25-27-29-31-33-36-42-50-44-38-40-47-52(50)56-54(46-12-8-4)55(49-35-11-7-3)57-53-48-41-39-45-51(53)43-37-34-32-30-28-26-24-22-20-18-16-14-10-6-2;/h29-32,38-41,44-45,47-48H,5-28,33-37,42-43,46,49H2,1-4H3;/b31-29+,32-30+,56-54?,57-55?;. The number of unbranched alkanes of at least 4 members (excludes halogenated alkanes) is 23. The number of hydrogen-bond donors (Lipinski definition) is 0. The number of benzene rings is 2. The second-order valence-electron chi connectivity index (χ2n) is 16.9. The summed E-state index contributed by atoms with van der Waals surface area (Å²) in [5.41, 5.74) is 7.45. The Morgan fingerprint density at radius 2 is 0.672 bits per heavy atom. The van der Waals surface area contributed by atoms with Gasteiger partial charge in [-0.3, -0.25) is 9.98 Å². The van der Waals surface area contributed by atoms with Gasteiger partial charge in [0, 0.05) is 16.5 Å². The summed E-state index contributed by atoms with van der Waals surface area (Å²) >= 11 is 0. The van der Waals surface area contributed by atoms with E-state index in [1.807, 2.05) is 0 Å². The molecule has 2 rings (SSSR count). The van der Waals surface area contributed by atoms with E-state index in [9.17, 15) is 0 Å². The van der Waals surface area contributed by atoms with Gasteiger partial charge in [0.15, 0.2) is 0 Å². The van der Waals surface area contributed by atoms with Gasteiger partial charge in [0.25, 0.3) is 0 Å². The van der Waals surface area contributed by atoms with Gasteiger partial charge in [-0.2, -0.15) is 0 Å². The number of aliphatic imine (C=N–C) groups is 2. The molecule has 0 atom stereocenters. The Balaban J connectivity index is 0.0000168. The van der Waals surface area contributed by atoms with E-state index < -0.39 is 0 Å².